The summed E-state index contributed by atoms with van der Waals surface area (Å²) in [6.45, 7) is 0.700. The monoisotopic (exact) mass is 567 g/mol. The first-order valence-corrected chi connectivity index (χ1v) is 14.3. The van der Waals surface area contributed by atoms with Gasteiger partial charge in [-0.2, -0.15) is 10.5 Å². The molecule has 1 aliphatic heterocycles. The van der Waals surface area contributed by atoms with Gasteiger partial charge in [0.2, 0.25) is 17.7 Å². The lowest BCUT2D eigenvalue weighted by Gasteiger charge is -2.49. The maximum Gasteiger partial charge on any atom is 0.248 e. The summed E-state index contributed by atoms with van der Waals surface area (Å²) in [4.78, 5) is 39.2. The van der Waals surface area contributed by atoms with Gasteiger partial charge in [-0.15, -0.1) is 10.2 Å². The van der Waals surface area contributed by atoms with Gasteiger partial charge in [0.05, 0.1) is 18.0 Å². The first kappa shape index (κ1) is 27.5. The van der Waals surface area contributed by atoms with E-state index in [2.05, 4.69) is 32.0 Å². The average molecular weight is 568 g/mol. The second-order valence-electron chi connectivity index (χ2n) is 11.7. The quantitative estimate of drug-likeness (QED) is 0.312. The minimum Gasteiger partial charge on any atom is -0.366 e. The molecule has 0 bridgehead atoms. The van der Waals surface area contributed by atoms with E-state index in [0.717, 1.165) is 47.9 Å². The van der Waals surface area contributed by atoms with Crippen molar-refractivity contribution < 1.29 is 14.4 Å². The number of rotatable bonds is 8. The fourth-order valence-corrected chi connectivity index (χ4v) is 7.10. The third-order valence-electron chi connectivity index (χ3n) is 9.34. The summed E-state index contributed by atoms with van der Waals surface area (Å²) in [7, 11) is 0. The number of nitrogens with one attached hydrogen (secondary N) is 2. The molecule has 0 radical (unpaired) electrons. The van der Waals surface area contributed by atoms with Crippen LogP contribution in [-0.2, 0) is 23.1 Å². The van der Waals surface area contributed by atoms with Crippen LogP contribution in [0, 0.1) is 11.3 Å². The highest BCUT2D eigenvalue weighted by molar-refractivity contribution is 5.94. The SMILES string of the molecule is N#CC1CCCN1C(=O)CNC1(CC2(c3nn[nH]n3)c3ccc(C(N)=O)cc3CCc3cc(C(N)=O)ccc32)CCC1. The largest absolute Gasteiger partial charge is 0.366 e. The molecule has 1 atom stereocenters. The summed E-state index contributed by atoms with van der Waals surface area (Å²) in [5.41, 5.74) is 14.4. The highest BCUT2D eigenvalue weighted by Crippen LogP contribution is 2.52. The van der Waals surface area contributed by atoms with Gasteiger partial charge in [0.25, 0.3) is 0 Å². The molecule has 2 aromatic carbocycles. The number of tetrazole rings is 1. The van der Waals surface area contributed by atoms with E-state index in [1.165, 1.54) is 0 Å². The zero-order chi connectivity index (χ0) is 29.5. The van der Waals surface area contributed by atoms with Gasteiger partial charge in [0.1, 0.15) is 6.04 Å². The van der Waals surface area contributed by atoms with Crippen molar-refractivity contribution in [2.24, 2.45) is 11.5 Å². The number of hydrogen-bond donors (Lipinski definition) is 4. The summed E-state index contributed by atoms with van der Waals surface area (Å²) < 4.78 is 0. The van der Waals surface area contributed by atoms with Crippen LogP contribution in [0.15, 0.2) is 36.4 Å². The number of nitriles is 1. The summed E-state index contributed by atoms with van der Waals surface area (Å²) in [6.07, 6.45) is 5.83. The predicted octanol–water partition coefficient (Wildman–Crippen LogP) is 1.25. The maximum absolute atomic E-state index is 13.2. The number of carbonyl (C=O) groups is 3. The minimum atomic E-state index is -0.931. The van der Waals surface area contributed by atoms with Gasteiger partial charge in [-0.3, -0.25) is 14.4 Å². The van der Waals surface area contributed by atoms with Crippen molar-refractivity contribution in [1.29, 1.82) is 5.26 Å². The van der Waals surface area contributed by atoms with Crippen LogP contribution in [0.25, 0.3) is 0 Å². The van der Waals surface area contributed by atoms with Gasteiger partial charge in [0, 0.05) is 23.2 Å². The molecular formula is C30H33N9O3. The summed E-state index contributed by atoms with van der Waals surface area (Å²) in [5, 5.41) is 28.7. The number of hydrogen-bond acceptors (Lipinski definition) is 8. The van der Waals surface area contributed by atoms with Crippen LogP contribution in [0.4, 0.5) is 0 Å². The van der Waals surface area contributed by atoms with E-state index in [1.807, 2.05) is 24.3 Å². The number of likely N-dealkylation sites (tertiary alicyclic amines) is 1. The fraction of sp³-hybridized carbons (Fsp3) is 0.433. The average Bonchev–Trinajstić information content (AvgIpc) is 3.66. The lowest BCUT2D eigenvalue weighted by molar-refractivity contribution is -0.130. The second kappa shape index (κ2) is 10.6. The number of nitrogens with zero attached hydrogens (tertiary/aromatic N) is 5. The van der Waals surface area contributed by atoms with Crippen LogP contribution in [-0.4, -0.2) is 67.9 Å². The normalized spacial score (nSPS) is 20.0. The Bertz CT molecular complexity index is 1520. The minimum absolute atomic E-state index is 0.0854. The summed E-state index contributed by atoms with van der Waals surface area (Å²) >= 11 is 0. The van der Waals surface area contributed by atoms with Gasteiger partial charge < -0.3 is 21.7 Å². The molecular weight excluding hydrogens is 534 g/mol. The third kappa shape index (κ3) is 4.59. The Morgan fingerprint density at radius 1 is 1.02 bits per heavy atom. The van der Waals surface area contributed by atoms with Crippen molar-refractivity contribution >= 4 is 17.7 Å². The Morgan fingerprint density at radius 2 is 1.67 bits per heavy atom. The number of benzene rings is 2. The number of amides is 3. The Balaban J connectivity index is 1.48. The first-order chi connectivity index (χ1) is 20.3. The molecule has 1 unspecified atom stereocenters. The molecule has 12 heteroatoms. The van der Waals surface area contributed by atoms with Gasteiger partial charge in [0.15, 0.2) is 5.82 Å². The molecule has 3 aromatic rings. The molecule has 1 saturated carbocycles. The molecule has 6 rings (SSSR count). The lowest BCUT2D eigenvalue weighted by Crippen LogP contribution is -2.58. The highest BCUT2D eigenvalue weighted by Gasteiger charge is 2.52. The number of primary amides is 2. The number of nitrogens with two attached hydrogens (primary N) is 2. The lowest BCUT2D eigenvalue weighted by atomic mass is 9.60. The van der Waals surface area contributed by atoms with E-state index in [-0.39, 0.29) is 18.5 Å². The topological polar surface area (TPSA) is 197 Å². The van der Waals surface area contributed by atoms with Gasteiger partial charge >= 0.3 is 0 Å². The van der Waals surface area contributed by atoms with Crippen molar-refractivity contribution in [3.8, 4) is 6.07 Å². The van der Waals surface area contributed by atoms with Crippen LogP contribution >= 0.6 is 0 Å². The number of carbonyl (C=O) groups excluding carboxylic acids is 3. The Morgan fingerprint density at radius 3 is 2.17 bits per heavy atom. The first-order valence-electron chi connectivity index (χ1n) is 14.3. The van der Waals surface area contributed by atoms with Crippen molar-refractivity contribution in [2.75, 3.05) is 13.1 Å². The van der Waals surface area contributed by atoms with E-state index in [1.54, 1.807) is 17.0 Å². The molecule has 42 heavy (non-hydrogen) atoms. The van der Waals surface area contributed by atoms with Crippen molar-refractivity contribution in [3.05, 3.63) is 75.6 Å². The zero-order valence-corrected chi connectivity index (χ0v) is 23.2. The number of aryl methyl sites for hydroxylation is 2. The number of aromatic nitrogens is 4. The molecule has 3 amide bonds. The maximum atomic E-state index is 13.2. The van der Waals surface area contributed by atoms with Crippen LogP contribution in [0.1, 0.15) is 87.3 Å². The molecule has 1 saturated heterocycles. The Labute approximate surface area is 242 Å². The molecule has 0 spiro atoms. The predicted molar refractivity (Wildman–Crippen MR) is 151 cm³/mol. The van der Waals surface area contributed by atoms with Crippen LogP contribution in [0.2, 0.25) is 0 Å². The van der Waals surface area contributed by atoms with Crippen LogP contribution in [0.5, 0.6) is 0 Å². The van der Waals surface area contributed by atoms with E-state index in [0.29, 0.717) is 49.2 Å². The van der Waals surface area contributed by atoms with E-state index < -0.39 is 22.8 Å². The standard InChI is InChI=1S/C30H33N9O3/c31-15-22-3-1-12-39(22)25(40)16-34-29(10-2-11-29)17-30(28-35-37-38-36-28)23-8-6-20(26(32)41)13-18(23)4-5-19-14-21(27(33)42)7-9-24(19)30/h6-9,13-14,22,34H,1-5,10-12,16-17H2,(H2,32,41)(H2,33,42)(H,35,36,37,38). The van der Waals surface area contributed by atoms with Crippen molar-refractivity contribution in [2.45, 2.75) is 68.4 Å². The molecule has 216 valence electrons. The third-order valence-corrected chi connectivity index (χ3v) is 9.34. The summed E-state index contributed by atoms with van der Waals surface area (Å²) in [6, 6.07) is 12.8. The van der Waals surface area contributed by atoms with Crippen LogP contribution in [0.3, 0.4) is 0 Å². The molecule has 2 fully saturated rings. The second-order valence-corrected chi connectivity index (χ2v) is 11.7. The molecule has 1 aromatic heterocycles. The van der Waals surface area contributed by atoms with E-state index in [4.69, 9.17) is 11.5 Å². The summed E-state index contributed by atoms with van der Waals surface area (Å²) in [5.74, 6) is -0.672. The smallest absolute Gasteiger partial charge is 0.248 e. The van der Waals surface area contributed by atoms with Gasteiger partial charge in [-0.05, 0) is 97.9 Å². The number of fused-ring (bicyclic) bond motifs is 2. The van der Waals surface area contributed by atoms with E-state index >= 15 is 0 Å². The molecule has 3 aliphatic rings. The van der Waals surface area contributed by atoms with Gasteiger partial charge in [-0.1, -0.05) is 17.3 Å². The Hall–Kier alpha value is -4.63. The molecule has 6 N–H and O–H groups in total. The van der Waals surface area contributed by atoms with Crippen LogP contribution < -0.4 is 16.8 Å². The fourth-order valence-electron chi connectivity index (χ4n) is 7.10. The molecule has 2 aliphatic carbocycles. The van der Waals surface area contributed by atoms with Crippen molar-refractivity contribution in [3.63, 3.8) is 0 Å². The number of H-pyrrole nitrogens is 1. The molecule has 2 heterocycles. The van der Waals surface area contributed by atoms with Crippen molar-refractivity contribution in [1.82, 2.24) is 30.8 Å². The number of aromatic amines is 1. The van der Waals surface area contributed by atoms with E-state index in [9.17, 15) is 19.6 Å². The van der Waals surface area contributed by atoms with Gasteiger partial charge in [-0.25, -0.2) is 0 Å². The highest BCUT2D eigenvalue weighted by atomic mass is 16.2. The molecule has 12 nitrogen and oxygen atoms in total. The zero-order valence-electron chi connectivity index (χ0n) is 23.2. The Kier molecular flexibility index (Phi) is 6.98.